The molecule has 0 bridgehead atoms. The second-order valence-electron chi connectivity index (χ2n) is 3.31. The zero-order valence-electron chi connectivity index (χ0n) is 8.97. The quantitative estimate of drug-likeness (QED) is 0.474. The number of oxime groups is 1. The topological polar surface area (TPSA) is 60.3 Å². The SMILES string of the molecule is COCCOc1cccc2c1C(=NO)CO2. The van der Waals surface area contributed by atoms with Crippen LogP contribution in [0.3, 0.4) is 0 Å². The molecule has 1 N–H and O–H groups in total. The van der Waals surface area contributed by atoms with Crippen LogP contribution in [0.1, 0.15) is 5.56 Å². The van der Waals surface area contributed by atoms with Crippen LogP contribution < -0.4 is 9.47 Å². The van der Waals surface area contributed by atoms with E-state index in [1.165, 1.54) is 0 Å². The lowest BCUT2D eigenvalue weighted by Gasteiger charge is -2.08. The third-order valence-corrected chi connectivity index (χ3v) is 2.31. The van der Waals surface area contributed by atoms with Gasteiger partial charge in [-0.2, -0.15) is 0 Å². The number of hydrogen-bond donors (Lipinski definition) is 1. The van der Waals surface area contributed by atoms with Gasteiger partial charge < -0.3 is 19.4 Å². The van der Waals surface area contributed by atoms with Crippen molar-refractivity contribution in [1.29, 1.82) is 0 Å². The molecule has 1 aromatic carbocycles. The third-order valence-electron chi connectivity index (χ3n) is 2.31. The summed E-state index contributed by atoms with van der Waals surface area (Å²) in [7, 11) is 1.61. The Morgan fingerprint density at radius 3 is 3.06 bits per heavy atom. The van der Waals surface area contributed by atoms with Crippen molar-refractivity contribution < 1.29 is 19.4 Å². The molecule has 0 aromatic heterocycles. The van der Waals surface area contributed by atoms with Crippen LogP contribution in [0.15, 0.2) is 23.4 Å². The minimum absolute atomic E-state index is 0.274. The molecule has 0 spiro atoms. The van der Waals surface area contributed by atoms with Crippen molar-refractivity contribution in [1.82, 2.24) is 0 Å². The molecule has 1 aromatic rings. The van der Waals surface area contributed by atoms with Gasteiger partial charge in [0.2, 0.25) is 0 Å². The van der Waals surface area contributed by atoms with Gasteiger partial charge in [-0.3, -0.25) is 0 Å². The first-order valence-electron chi connectivity index (χ1n) is 4.95. The maximum atomic E-state index is 8.84. The second-order valence-corrected chi connectivity index (χ2v) is 3.31. The molecule has 86 valence electrons. The third kappa shape index (κ3) is 1.94. The maximum Gasteiger partial charge on any atom is 0.134 e. The summed E-state index contributed by atoms with van der Waals surface area (Å²) in [6, 6.07) is 5.46. The summed E-state index contributed by atoms with van der Waals surface area (Å²) < 4.78 is 15.8. The van der Waals surface area contributed by atoms with Gasteiger partial charge in [0.25, 0.3) is 0 Å². The molecule has 1 heterocycles. The van der Waals surface area contributed by atoms with Crippen molar-refractivity contribution in [3.63, 3.8) is 0 Å². The fourth-order valence-corrected chi connectivity index (χ4v) is 1.57. The fourth-order valence-electron chi connectivity index (χ4n) is 1.57. The predicted octanol–water partition coefficient (Wildman–Crippen LogP) is 1.28. The van der Waals surface area contributed by atoms with E-state index in [1.54, 1.807) is 7.11 Å². The van der Waals surface area contributed by atoms with Gasteiger partial charge in [0.15, 0.2) is 0 Å². The molecule has 1 aliphatic heterocycles. The maximum absolute atomic E-state index is 8.84. The average molecular weight is 223 g/mol. The molecule has 0 aliphatic carbocycles. The number of methoxy groups -OCH3 is 1. The van der Waals surface area contributed by atoms with Crippen LogP contribution in [0.4, 0.5) is 0 Å². The summed E-state index contributed by atoms with van der Waals surface area (Å²) in [4.78, 5) is 0. The zero-order valence-corrected chi connectivity index (χ0v) is 8.97. The number of nitrogens with zero attached hydrogens (tertiary/aromatic N) is 1. The number of hydrogen-bond acceptors (Lipinski definition) is 5. The van der Waals surface area contributed by atoms with E-state index >= 15 is 0 Å². The lowest BCUT2D eigenvalue weighted by molar-refractivity contribution is 0.146. The first-order chi connectivity index (χ1) is 7.86. The molecular weight excluding hydrogens is 210 g/mol. The highest BCUT2D eigenvalue weighted by Crippen LogP contribution is 2.33. The van der Waals surface area contributed by atoms with Crippen molar-refractivity contribution in [2.24, 2.45) is 5.16 Å². The highest BCUT2D eigenvalue weighted by Gasteiger charge is 2.24. The van der Waals surface area contributed by atoms with Crippen LogP contribution in [0.25, 0.3) is 0 Å². The summed E-state index contributed by atoms with van der Waals surface area (Å²) in [5.74, 6) is 1.34. The Morgan fingerprint density at radius 1 is 1.44 bits per heavy atom. The molecule has 0 fully saturated rings. The van der Waals surface area contributed by atoms with Gasteiger partial charge in [0.1, 0.15) is 30.4 Å². The van der Waals surface area contributed by atoms with Crippen molar-refractivity contribution in [2.45, 2.75) is 0 Å². The van der Waals surface area contributed by atoms with E-state index in [0.29, 0.717) is 30.4 Å². The number of benzene rings is 1. The lowest BCUT2D eigenvalue weighted by Crippen LogP contribution is -2.08. The largest absolute Gasteiger partial charge is 0.490 e. The fraction of sp³-hybridized carbons (Fsp3) is 0.364. The van der Waals surface area contributed by atoms with Gasteiger partial charge in [-0.15, -0.1) is 0 Å². The van der Waals surface area contributed by atoms with E-state index in [9.17, 15) is 0 Å². The Kier molecular flexibility index (Phi) is 3.26. The Labute approximate surface area is 93.2 Å². The van der Waals surface area contributed by atoms with Gasteiger partial charge in [0.05, 0.1) is 12.2 Å². The van der Waals surface area contributed by atoms with Crippen LogP contribution in [0.5, 0.6) is 11.5 Å². The minimum Gasteiger partial charge on any atom is -0.490 e. The van der Waals surface area contributed by atoms with Gasteiger partial charge in [0, 0.05) is 7.11 Å². The van der Waals surface area contributed by atoms with E-state index in [-0.39, 0.29) is 6.61 Å². The smallest absolute Gasteiger partial charge is 0.134 e. The van der Waals surface area contributed by atoms with Crippen LogP contribution in [-0.4, -0.2) is 37.8 Å². The first-order valence-corrected chi connectivity index (χ1v) is 4.95. The van der Waals surface area contributed by atoms with Crippen molar-refractivity contribution in [2.75, 3.05) is 26.9 Å². The number of ether oxygens (including phenoxy) is 3. The summed E-state index contributed by atoms with van der Waals surface area (Å²) in [6.45, 7) is 1.23. The molecule has 0 amide bonds. The Bertz CT molecular complexity index is 403. The first kappa shape index (κ1) is 10.8. The van der Waals surface area contributed by atoms with E-state index < -0.39 is 0 Å². The van der Waals surface area contributed by atoms with E-state index in [0.717, 1.165) is 5.56 Å². The second kappa shape index (κ2) is 4.85. The van der Waals surface area contributed by atoms with Crippen molar-refractivity contribution in [3.05, 3.63) is 23.8 Å². The standard InChI is InChI=1S/C11H13NO4/c1-14-5-6-15-9-3-2-4-10-11(9)8(12-13)7-16-10/h2-4,13H,5-7H2,1H3. The van der Waals surface area contributed by atoms with Gasteiger partial charge in [-0.1, -0.05) is 11.2 Å². The number of rotatable bonds is 4. The summed E-state index contributed by atoms with van der Waals surface area (Å²) in [6.07, 6.45) is 0. The highest BCUT2D eigenvalue weighted by molar-refractivity contribution is 6.08. The monoisotopic (exact) mass is 223 g/mol. The molecule has 1 aliphatic rings. The van der Waals surface area contributed by atoms with Gasteiger partial charge in [-0.25, -0.2) is 0 Å². The Morgan fingerprint density at radius 2 is 2.31 bits per heavy atom. The lowest BCUT2D eigenvalue weighted by atomic mass is 10.1. The van der Waals surface area contributed by atoms with Crippen LogP contribution in [-0.2, 0) is 4.74 Å². The molecule has 5 nitrogen and oxygen atoms in total. The van der Waals surface area contributed by atoms with Crippen LogP contribution in [0.2, 0.25) is 0 Å². The van der Waals surface area contributed by atoms with Crippen LogP contribution >= 0.6 is 0 Å². The van der Waals surface area contributed by atoms with E-state index in [2.05, 4.69) is 5.16 Å². The van der Waals surface area contributed by atoms with Gasteiger partial charge >= 0.3 is 0 Å². The van der Waals surface area contributed by atoms with E-state index in [1.807, 2.05) is 18.2 Å². The van der Waals surface area contributed by atoms with Gasteiger partial charge in [-0.05, 0) is 12.1 Å². The summed E-state index contributed by atoms with van der Waals surface area (Å²) in [5.41, 5.74) is 1.21. The molecule has 0 unspecified atom stereocenters. The normalized spacial score (nSPS) is 15.9. The molecule has 0 radical (unpaired) electrons. The van der Waals surface area contributed by atoms with Crippen LogP contribution in [0, 0.1) is 0 Å². The minimum atomic E-state index is 0.274. The predicted molar refractivity (Wildman–Crippen MR) is 57.6 cm³/mol. The summed E-state index contributed by atoms with van der Waals surface area (Å²) in [5, 5.41) is 12.0. The molecule has 5 heteroatoms. The molecule has 2 rings (SSSR count). The average Bonchev–Trinajstić information content (AvgIpc) is 2.73. The van der Waals surface area contributed by atoms with Crippen molar-refractivity contribution >= 4 is 5.71 Å². The van der Waals surface area contributed by atoms with Crippen molar-refractivity contribution in [3.8, 4) is 11.5 Å². The molecule has 0 saturated carbocycles. The summed E-state index contributed by atoms with van der Waals surface area (Å²) >= 11 is 0. The zero-order chi connectivity index (χ0) is 11.4. The number of fused-ring (bicyclic) bond motifs is 1. The molecule has 0 saturated heterocycles. The molecule has 16 heavy (non-hydrogen) atoms. The van der Waals surface area contributed by atoms with E-state index in [4.69, 9.17) is 19.4 Å². The highest BCUT2D eigenvalue weighted by atomic mass is 16.5. The Balaban J connectivity index is 2.22. The molecular formula is C11H13NO4. The Hall–Kier alpha value is -1.75. The molecule has 0 atom stereocenters.